The van der Waals surface area contributed by atoms with Crippen LogP contribution < -0.4 is 10.6 Å². The predicted octanol–water partition coefficient (Wildman–Crippen LogP) is 4.41. The van der Waals surface area contributed by atoms with Gasteiger partial charge in [-0.3, -0.25) is 10.1 Å². The second kappa shape index (κ2) is 8.68. The third-order valence-electron chi connectivity index (χ3n) is 5.11. The highest BCUT2D eigenvalue weighted by molar-refractivity contribution is 8.01. The Bertz CT molecular complexity index is 1130. The SMILES string of the molecule is Cc1ccccc1Sc1ccc(-c2ccnc(NCCN3C(=O)NC(=O)C3(C)C)n2)s1. The van der Waals surface area contributed by atoms with E-state index in [0.29, 0.717) is 19.0 Å². The van der Waals surface area contributed by atoms with Crippen LogP contribution >= 0.6 is 23.1 Å². The number of imide groups is 1. The van der Waals surface area contributed by atoms with E-state index in [2.05, 4.69) is 57.9 Å². The second-order valence-corrected chi connectivity index (χ2v) is 10.1. The summed E-state index contributed by atoms with van der Waals surface area (Å²) in [5.74, 6) is 0.204. The van der Waals surface area contributed by atoms with Gasteiger partial charge in [-0.2, -0.15) is 0 Å². The Hall–Kier alpha value is -2.91. The summed E-state index contributed by atoms with van der Waals surface area (Å²) in [7, 11) is 0. The highest BCUT2D eigenvalue weighted by Gasteiger charge is 2.44. The summed E-state index contributed by atoms with van der Waals surface area (Å²) in [5.41, 5.74) is 1.24. The van der Waals surface area contributed by atoms with Gasteiger partial charge in [-0.25, -0.2) is 14.8 Å². The van der Waals surface area contributed by atoms with Crippen molar-refractivity contribution >= 4 is 41.0 Å². The molecule has 3 heterocycles. The summed E-state index contributed by atoms with van der Waals surface area (Å²) >= 11 is 3.44. The number of nitrogens with one attached hydrogen (secondary N) is 2. The van der Waals surface area contributed by atoms with Crippen molar-refractivity contribution in [1.82, 2.24) is 20.2 Å². The summed E-state index contributed by atoms with van der Waals surface area (Å²) in [4.78, 5) is 36.5. The predicted molar refractivity (Wildman–Crippen MR) is 123 cm³/mol. The average molecular weight is 454 g/mol. The lowest BCUT2D eigenvalue weighted by Crippen LogP contribution is -2.46. The summed E-state index contributed by atoms with van der Waals surface area (Å²) < 4.78 is 1.20. The molecule has 0 bridgehead atoms. The minimum atomic E-state index is -0.858. The Morgan fingerprint density at radius 2 is 1.97 bits per heavy atom. The van der Waals surface area contributed by atoms with Crippen LogP contribution in [0, 0.1) is 6.92 Å². The first-order chi connectivity index (χ1) is 14.8. The molecule has 4 rings (SSSR count). The van der Waals surface area contributed by atoms with Gasteiger partial charge >= 0.3 is 6.03 Å². The first-order valence-corrected chi connectivity index (χ1v) is 11.5. The van der Waals surface area contributed by atoms with Gasteiger partial charge in [0.2, 0.25) is 5.95 Å². The van der Waals surface area contributed by atoms with Gasteiger partial charge in [-0.1, -0.05) is 30.0 Å². The normalized spacial score (nSPS) is 15.3. The molecule has 160 valence electrons. The molecule has 0 spiro atoms. The molecule has 0 atom stereocenters. The fourth-order valence-electron chi connectivity index (χ4n) is 3.23. The maximum atomic E-state index is 12.0. The van der Waals surface area contributed by atoms with E-state index in [4.69, 9.17) is 0 Å². The van der Waals surface area contributed by atoms with E-state index < -0.39 is 5.54 Å². The molecule has 3 amide bonds. The molecule has 1 aromatic carbocycles. The van der Waals surface area contributed by atoms with E-state index in [1.54, 1.807) is 43.1 Å². The zero-order valence-corrected chi connectivity index (χ0v) is 19.1. The fraction of sp³-hybridized carbons (Fsp3) is 0.273. The van der Waals surface area contributed by atoms with Crippen molar-refractivity contribution < 1.29 is 9.59 Å². The van der Waals surface area contributed by atoms with Gasteiger partial charge < -0.3 is 10.2 Å². The molecule has 3 aromatic rings. The highest BCUT2D eigenvalue weighted by Crippen LogP contribution is 2.38. The summed E-state index contributed by atoms with van der Waals surface area (Å²) in [6.07, 6.45) is 1.72. The molecule has 0 aliphatic carbocycles. The monoisotopic (exact) mass is 453 g/mol. The molecule has 0 saturated carbocycles. The minimum Gasteiger partial charge on any atom is -0.352 e. The summed E-state index contributed by atoms with van der Waals surface area (Å²) in [5, 5.41) is 5.50. The zero-order chi connectivity index (χ0) is 22.0. The summed E-state index contributed by atoms with van der Waals surface area (Å²) in [6.45, 7) is 6.38. The Balaban J connectivity index is 1.40. The van der Waals surface area contributed by atoms with Gasteiger partial charge in [-0.05, 0) is 50.6 Å². The first-order valence-electron chi connectivity index (χ1n) is 9.88. The van der Waals surface area contributed by atoms with Gasteiger partial charge in [0.25, 0.3) is 5.91 Å². The molecule has 1 aliphatic heterocycles. The smallest absolute Gasteiger partial charge is 0.325 e. The molecule has 7 nitrogen and oxygen atoms in total. The quantitative estimate of drug-likeness (QED) is 0.516. The van der Waals surface area contributed by atoms with Crippen molar-refractivity contribution in [3.8, 4) is 10.6 Å². The number of aromatic nitrogens is 2. The Labute approximate surface area is 189 Å². The standard InChI is InChI=1S/C22H23N5O2S2/c1-14-6-4-5-7-16(14)30-18-9-8-17(31-18)15-10-11-23-20(25-15)24-12-13-27-21(29)26-19(28)22(27,2)3/h4-11H,12-13H2,1-3H3,(H,23,24,25)(H,26,28,29). The molecular formula is C22H23N5O2S2. The first kappa shape index (κ1) is 21.3. The molecule has 1 aliphatic rings. The average Bonchev–Trinajstić information content (AvgIpc) is 3.28. The van der Waals surface area contributed by atoms with Crippen LogP contribution in [0.3, 0.4) is 0 Å². The molecule has 9 heteroatoms. The van der Waals surface area contributed by atoms with Crippen LogP contribution in [0.2, 0.25) is 0 Å². The van der Waals surface area contributed by atoms with Crippen molar-refractivity contribution in [3.05, 3.63) is 54.2 Å². The third-order valence-corrected chi connectivity index (χ3v) is 7.53. The van der Waals surface area contributed by atoms with Crippen LogP contribution in [-0.2, 0) is 4.79 Å². The lowest BCUT2D eigenvalue weighted by Gasteiger charge is -2.27. The highest BCUT2D eigenvalue weighted by atomic mass is 32.2. The number of aryl methyl sites for hydroxylation is 1. The van der Waals surface area contributed by atoms with E-state index in [-0.39, 0.29) is 11.9 Å². The lowest BCUT2D eigenvalue weighted by molar-refractivity contribution is -0.125. The van der Waals surface area contributed by atoms with Crippen molar-refractivity contribution in [2.24, 2.45) is 0 Å². The molecule has 2 N–H and O–H groups in total. The van der Waals surface area contributed by atoms with Gasteiger partial charge in [0, 0.05) is 24.2 Å². The van der Waals surface area contributed by atoms with Gasteiger partial charge in [0.1, 0.15) is 5.54 Å². The fourth-order valence-corrected chi connectivity index (χ4v) is 5.37. The molecule has 1 fully saturated rings. The van der Waals surface area contributed by atoms with Gasteiger partial charge in [-0.15, -0.1) is 11.3 Å². The minimum absolute atomic E-state index is 0.284. The molecular weight excluding hydrogens is 430 g/mol. The number of amides is 3. The Kier molecular flexibility index (Phi) is 5.97. The molecule has 0 radical (unpaired) electrons. The number of anilines is 1. The number of carbonyl (C=O) groups excluding carboxylic acids is 2. The maximum absolute atomic E-state index is 12.0. The number of hydrogen-bond acceptors (Lipinski definition) is 7. The van der Waals surface area contributed by atoms with Crippen molar-refractivity contribution in [3.63, 3.8) is 0 Å². The number of urea groups is 1. The molecule has 2 aromatic heterocycles. The van der Waals surface area contributed by atoms with E-state index in [1.807, 2.05) is 12.1 Å². The third kappa shape index (κ3) is 4.57. The maximum Gasteiger partial charge on any atom is 0.325 e. The zero-order valence-electron chi connectivity index (χ0n) is 17.5. The summed E-state index contributed by atoms with van der Waals surface area (Å²) in [6, 6.07) is 14.0. The van der Waals surface area contributed by atoms with Crippen LogP contribution in [0.1, 0.15) is 19.4 Å². The number of hydrogen-bond donors (Lipinski definition) is 2. The van der Waals surface area contributed by atoms with Crippen LogP contribution in [-0.4, -0.2) is 45.4 Å². The van der Waals surface area contributed by atoms with E-state index in [1.165, 1.54) is 19.6 Å². The number of rotatable bonds is 7. The van der Waals surface area contributed by atoms with Crippen LogP contribution in [0.15, 0.2) is 57.8 Å². The van der Waals surface area contributed by atoms with E-state index in [9.17, 15) is 9.59 Å². The van der Waals surface area contributed by atoms with Crippen molar-refractivity contribution in [2.75, 3.05) is 18.4 Å². The Morgan fingerprint density at radius 3 is 2.71 bits per heavy atom. The van der Waals surface area contributed by atoms with Crippen LogP contribution in [0.5, 0.6) is 0 Å². The van der Waals surface area contributed by atoms with E-state index in [0.717, 1.165) is 10.6 Å². The lowest BCUT2D eigenvalue weighted by atomic mass is 10.0. The number of benzene rings is 1. The topological polar surface area (TPSA) is 87.2 Å². The second-order valence-electron chi connectivity index (χ2n) is 7.65. The van der Waals surface area contributed by atoms with Crippen molar-refractivity contribution in [1.29, 1.82) is 0 Å². The largest absolute Gasteiger partial charge is 0.352 e. The van der Waals surface area contributed by atoms with Gasteiger partial charge in [0.05, 0.1) is 14.8 Å². The van der Waals surface area contributed by atoms with Crippen LogP contribution in [0.4, 0.5) is 10.7 Å². The molecule has 0 unspecified atom stereocenters. The molecule has 31 heavy (non-hydrogen) atoms. The van der Waals surface area contributed by atoms with Crippen LogP contribution in [0.25, 0.3) is 10.6 Å². The molecule has 1 saturated heterocycles. The number of nitrogens with zero attached hydrogens (tertiary/aromatic N) is 3. The van der Waals surface area contributed by atoms with Gasteiger partial charge in [0.15, 0.2) is 0 Å². The number of thiophene rings is 1. The Morgan fingerprint density at radius 1 is 1.16 bits per heavy atom. The number of carbonyl (C=O) groups is 2. The van der Waals surface area contributed by atoms with Crippen molar-refractivity contribution in [2.45, 2.75) is 35.4 Å². The van der Waals surface area contributed by atoms with E-state index >= 15 is 0 Å².